The van der Waals surface area contributed by atoms with Crippen molar-refractivity contribution in [3.8, 4) is 0 Å². The van der Waals surface area contributed by atoms with Crippen LogP contribution in [0.1, 0.15) is 37.2 Å². The number of rotatable bonds is 7. The third-order valence-corrected chi connectivity index (χ3v) is 2.75. The first-order valence-corrected chi connectivity index (χ1v) is 6.34. The molecule has 0 bridgehead atoms. The van der Waals surface area contributed by atoms with Crippen LogP contribution in [0.25, 0.3) is 0 Å². The normalized spacial score (nSPS) is 12.4. The number of hydrogen-bond donors (Lipinski definition) is 2. The topological polar surface area (TPSA) is 69.3 Å². The summed E-state index contributed by atoms with van der Waals surface area (Å²) in [5.74, 6) is -0.0799. The van der Waals surface area contributed by atoms with E-state index in [-0.39, 0.29) is 11.9 Å². The number of amides is 1. The van der Waals surface area contributed by atoms with Crippen LogP contribution in [-0.2, 0) is 11.3 Å². The van der Waals surface area contributed by atoms with E-state index in [2.05, 4.69) is 12.2 Å². The van der Waals surface area contributed by atoms with Crippen molar-refractivity contribution in [1.29, 1.82) is 0 Å². The lowest BCUT2D eigenvalue weighted by atomic mass is 10.2. The number of hydrogen-bond acceptors (Lipinski definition) is 3. The zero-order valence-electron chi connectivity index (χ0n) is 11.4. The fourth-order valence-electron chi connectivity index (χ4n) is 1.81. The molecule has 0 radical (unpaired) electrons. The molecule has 1 aromatic rings. The van der Waals surface area contributed by atoms with Crippen molar-refractivity contribution in [2.45, 2.75) is 39.3 Å². The Morgan fingerprint density at radius 2 is 2.33 bits per heavy atom. The summed E-state index contributed by atoms with van der Waals surface area (Å²) in [5, 5.41) is 2.95. The Morgan fingerprint density at radius 1 is 1.61 bits per heavy atom. The van der Waals surface area contributed by atoms with E-state index in [4.69, 9.17) is 10.5 Å². The predicted molar refractivity (Wildman–Crippen MR) is 72.6 cm³/mol. The van der Waals surface area contributed by atoms with Crippen molar-refractivity contribution in [1.82, 2.24) is 9.88 Å². The summed E-state index contributed by atoms with van der Waals surface area (Å²) in [5.41, 5.74) is 6.98. The minimum Gasteiger partial charge on any atom is -0.397 e. The van der Waals surface area contributed by atoms with Gasteiger partial charge in [0.05, 0.1) is 5.69 Å². The molecule has 1 unspecified atom stereocenters. The highest BCUT2D eigenvalue weighted by molar-refractivity contribution is 5.94. The average Bonchev–Trinajstić information content (AvgIpc) is 2.68. The molecule has 0 aliphatic heterocycles. The second-order valence-corrected chi connectivity index (χ2v) is 4.51. The number of ether oxygens (including phenoxy) is 1. The van der Waals surface area contributed by atoms with Gasteiger partial charge in [0.1, 0.15) is 5.69 Å². The minimum atomic E-state index is -0.0799. The van der Waals surface area contributed by atoms with Gasteiger partial charge in [0, 0.05) is 32.5 Å². The van der Waals surface area contributed by atoms with Crippen LogP contribution in [-0.4, -0.2) is 30.2 Å². The summed E-state index contributed by atoms with van der Waals surface area (Å²) in [7, 11) is 1.65. The van der Waals surface area contributed by atoms with Gasteiger partial charge in [0.25, 0.3) is 5.91 Å². The number of nitrogens with two attached hydrogens (primary N) is 1. The van der Waals surface area contributed by atoms with Gasteiger partial charge in [0.2, 0.25) is 0 Å². The number of aromatic nitrogens is 1. The molecule has 5 heteroatoms. The Labute approximate surface area is 108 Å². The Hall–Kier alpha value is -1.49. The van der Waals surface area contributed by atoms with Gasteiger partial charge in [0.15, 0.2) is 0 Å². The van der Waals surface area contributed by atoms with Crippen molar-refractivity contribution in [2.24, 2.45) is 0 Å². The molecule has 0 spiro atoms. The average molecular weight is 253 g/mol. The number of carbonyl (C=O) groups is 1. The molecule has 1 rings (SSSR count). The monoisotopic (exact) mass is 253 g/mol. The van der Waals surface area contributed by atoms with Crippen LogP contribution in [0.5, 0.6) is 0 Å². The van der Waals surface area contributed by atoms with Crippen LogP contribution < -0.4 is 11.1 Å². The molecule has 1 atom stereocenters. The van der Waals surface area contributed by atoms with E-state index in [0.717, 1.165) is 19.4 Å². The molecule has 5 nitrogen and oxygen atoms in total. The highest BCUT2D eigenvalue weighted by atomic mass is 16.5. The zero-order valence-corrected chi connectivity index (χ0v) is 11.4. The van der Waals surface area contributed by atoms with E-state index in [1.165, 1.54) is 0 Å². The Kier molecular flexibility index (Phi) is 5.71. The molecule has 0 aliphatic carbocycles. The van der Waals surface area contributed by atoms with Gasteiger partial charge >= 0.3 is 0 Å². The van der Waals surface area contributed by atoms with E-state index in [1.807, 2.05) is 11.5 Å². The first-order valence-electron chi connectivity index (χ1n) is 6.34. The lowest BCUT2D eigenvalue weighted by Gasteiger charge is -2.14. The fourth-order valence-corrected chi connectivity index (χ4v) is 1.81. The second-order valence-electron chi connectivity index (χ2n) is 4.51. The standard InChI is InChI=1S/C13H23N3O2/c1-4-6-16-9-11(14)8-12(16)13(17)15-10(2)5-7-18-3/h8-10H,4-7,14H2,1-3H3,(H,15,17). The zero-order chi connectivity index (χ0) is 13.5. The first kappa shape index (κ1) is 14.6. The van der Waals surface area contributed by atoms with Crippen LogP contribution >= 0.6 is 0 Å². The summed E-state index contributed by atoms with van der Waals surface area (Å²) >= 11 is 0. The van der Waals surface area contributed by atoms with Gasteiger partial charge in [-0.2, -0.15) is 0 Å². The summed E-state index contributed by atoms with van der Waals surface area (Å²) in [6.45, 7) is 5.47. The Balaban J connectivity index is 2.65. The summed E-state index contributed by atoms with van der Waals surface area (Å²) in [6.07, 6.45) is 3.57. The van der Waals surface area contributed by atoms with Gasteiger partial charge in [-0.25, -0.2) is 0 Å². The summed E-state index contributed by atoms with van der Waals surface area (Å²) in [6, 6.07) is 1.80. The van der Waals surface area contributed by atoms with E-state index >= 15 is 0 Å². The SMILES string of the molecule is CCCn1cc(N)cc1C(=O)NC(C)CCOC. The molecule has 1 aromatic heterocycles. The van der Waals surface area contributed by atoms with Crippen LogP contribution in [0, 0.1) is 0 Å². The van der Waals surface area contributed by atoms with Gasteiger partial charge in [-0.05, 0) is 25.8 Å². The molecule has 0 saturated heterocycles. The number of nitrogens with zero attached hydrogens (tertiary/aromatic N) is 1. The van der Waals surface area contributed by atoms with Gasteiger partial charge in [-0.1, -0.05) is 6.92 Å². The van der Waals surface area contributed by atoms with E-state index < -0.39 is 0 Å². The van der Waals surface area contributed by atoms with Crippen molar-refractivity contribution in [3.05, 3.63) is 18.0 Å². The molecule has 0 fully saturated rings. The van der Waals surface area contributed by atoms with E-state index in [0.29, 0.717) is 18.0 Å². The van der Waals surface area contributed by atoms with Gasteiger partial charge < -0.3 is 20.4 Å². The Bertz CT molecular complexity index is 388. The van der Waals surface area contributed by atoms with Crippen molar-refractivity contribution in [3.63, 3.8) is 0 Å². The number of carbonyl (C=O) groups excluding carboxylic acids is 1. The van der Waals surface area contributed by atoms with Gasteiger partial charge in [-0.3, -0.25) is 4.79 Å². The Morgan fingerprint density at radius 3 is 2.94 bits per heavy atom. The second kappa shape index (κ2) is 7.06. The third-order valence-electron chi connectivity index (χ3n) is 2.75. The highest BCUT2D eigenvalue weighted by Crippen LogP contribution is 2.11. The largest absolute Gasteiger partial charge is 0.397 e. The maximum absolute atomic E-state index is 12.1. The fraction of sp³-hybridized carbons (Fsp3) is 0.615. The third kappa shape index (κ3) is 4.07. The number of aryl methyl sites for hydroxylation is 1. The minimum absolute atomic E-state index is 0.0799. The maximum Gasteiger partial charge on any atom is 0.268 e. The molecule has 1 amide bonds. The van der Waals surface area contributed by atoms with Crippen LogP contribution in [0.2, 0.25) is 0 Å². The van der Waals surface area contributed by atoms with Crippen LogP contribution in [0.4, 0.5) is 5.69 Å². The lowest BCUT2D eigenvalue weighted by molar-refractivity contribution is 0.0920. The first-order chi connectivity index (χ1) is 8.58. The van der Waals surface area contributed by atoms with Gasteiger partial charge in [-0.15, -0.1) is 0 Å². The molecule has 102 valence electrons. The van der Waals surface area contributed by atoms with E-state index in [1.54, 1.807) is 19.4 Å². The molecule has 0 saturated carbocycles. The van der Waals surface area contributed by atoms with Crippen molar-refractivity contribution >= 4 is 11.6 Å². The molecule has 0 aliphatic rings. The quantitative estimate of drug-likeness (QED) is 0.776. The predicted octanol–water partition coefficient (Wildman–Crippen LogP) is 1.64. The number of nitrogen functional groups attached to an aromatic ring is 1. The van der Waals surface area contributed by atoms with Crippen LogP contribution in [0.15, 0.2) is 12.3 Å². The number of anilines is 1. The molecule has 0 aromatic carbocycles. The highest BCUT2D eigenvalue weighted by Gasteiger charge is 2.14. The maximum atomic E-state index is 12.1. The molecule has 1 heterocycles. The lowest BCUT2D eigenvalue weighted by Crippen LogP contribution is -2.34. The molecule has 18 heavy (non-hydrogen) atoms. The number of methoxy groups -OCH3 is 1. The smallest absolute Gasteiger partial charge is 0.268 e. The van der Waals surface area contributed by atoms with Crippen molar-refractivity contribution < 1.29 is 9.53 Å². The molecule has 3 N–H and O–H groups in total. The van der Waals surface area contributed by atoms with Crippen molar-refractivity contribution in [2.75, 3.05) is 19.5 Å². The number of nitrogens with one attached hydrogen (secondary N) is 1. The molecular weight excluding hydrogens is 230 g/mol. The summed E-state index contributed by atoms with van der Waals surface area (Å²) in [4.78, 5) is 12.1. The van der Waals surface area contributed by atoms with Crippen LogP contribution in [0.3, 0.4) is 0 Å². The van der Waals surface area contributed by atoms with E-state index in [9.17, 15) is 4.79 Å². The molecular formula is C13H23N3O2. The summed E-state index contributed by atoms with van der Waals surface area (Å²) < 4.78 is 6.89.